The van der Waals surface area contributed by atoms with Gasteiger partial charge in [0.2, 0.25) is 0 Å². The van der Waals surface area contributed by atoms with Gasteiger partial charge in [-0.1, -0.05) is 26.0 Å². The van der Waals surface area contributed by atoms with Gasteiger partial charge in [0.05, 0.1) is 0 Å². The van der Waals surface area contributed by atoms with Gasteiger partial charge in [0.1, 0.15) is 17.9 Å². The van der Waals surface area contributed by atoms with Crippen molar-refractivity contribution in [1.82, 2.24) is 4.90 Å². The Morgan fingerprint density at radius 3 is 2.04 bits per heavy atom. The summed E-state index contributed by atoms with van der Waals surface area (Å²) >= 11 is 0. The molecule has 0 atom stereocenters. The predicted molar refractivity (Wildman–Crippen MR) is 98.4 cm³/mol. The fraction of sp³-hybridized carbons (Fsp3) is 0.526. The van der Waals surface area contributed by atoms with E-state index in [1.165, 1.54) is 6.92 Å². The molecule has 7 heteroatoms. The normalized spacial score (nSPS) is 9.88. The number of nitrogens with zero attached hydrogens (tertiary/aromatic N) is 1. The van der Waals surface area contributed by atoms with Crippen LogP contribution in [-0.4, -0.2) is 54.2 Å². The second-order valence-electron chi connectivity index (χ2n) is 5.59. The van der Waals surface area contributed by atoms with E-state index in [2.05, 4.69) is 18.7 Å². The molecule has 26 heavy (non-hydrogen) atoms. The summed E-state index contributed by atoms with van der Waals surface area (Å²) in [5, 5.41) is 7.42. The Morgan fingerprint density at radius 1 is 1.00 bits per heavy atom. The van der Waals surface area contributed by atoms with Crippen LogP contribution in [0.4, 0.5) is 0 Å². The Labute approximate surface area is 154 Å². The summed E-state index contributed by atoms with van der Waals surface area (Å²) in [5.74, 6) is -1.53. The molecule has 0 aliphatic rings. The van der Waals surface area contributed by atoms with E-state index < -0.39 is 17.9 Å². The molecule has 0 heterocycles. The fourth-order valence-corrected chi connectivity index (χ4v) is 2.19. The van der Waals surface area contributed by atoms with Crippen molar-refractivity contribution < 1.29 is 29.0 Å². The van der Waals surface area contributed by atoms with Crippen LogP contribution in [0.2, 0.25) is 0 Å². The molecule has 0 aliphatic heterocycles. The molecule has 0 spiro atoms. The topological polar surface area (TPSA) is 93.1 Å². The standard InChI is InChI=1S/C17H25NO4.C2H4O2/c1-4-10-18(11-5-2)12-13-21-17(20)15-8-6-7-9-16(15)22-14(3)19;1-2(3)4/h6-9H,4-5,10-13H2,1-3H3;1H3,(H,3,4). The molecule has 0 saturated carbocycles. The maximum atomic E-state index is 12.1. The van der Waals surface area contributed by atoms with Crippen molar-refractivity contribution in [2.45, 2.75) is 40.5 Å². The molecule has 1 aromatic rings. The maximum Gasteiger partial charge on any atom is 0.341 e. The van der Waals surface area contributed by atoms with Crippen LogP contribution in [-0.2, 0) is 14.3 Å². The number of ether oxygens (including phenoxy) is 2. The molecular formula is C19H29NO6. The Balaban J connectivity index is 0.00000141. The summed E-state index contributed by atoms with van der Waals surface area (Å²) < 4.78 is 10.3. The van der Waals surface area contributed by atoms with E-state index >= 15 is 0 Å². The Hall–Kier alpha value is -2.41. The average Bonchev–Trinajstić information content (AvgIpc) is 2.54. The van der Waals surface area contributed by atoms with Crippen LogP contribution in [0.1, 0.15) is 50.9 Å². The van der Waals surface area contributed by atoms with Crippen LogP contribution in [0, 0.1) is 0 Å². The fourth-order valence-electron chi connectivity index (χ4n) is 2.19. The van der Waals surface area contributed by atoms with Gasteiger partial charge in [-0.3, -0.25) is 14.5 Å². The Bertz CT molecular complexity index is 563. The Morgan fingerprint density at radius 2 is 1.54 bits per heavy atom. The SMILES string of the molecule is CC(=O)O.CCCN(CCC)CCOC(=O)c1ccccc1OC(C)=O. The minimum Gasteiger partial charge on any atom is -0.481 e. The minimum atomic E-state index is -0.833. The van der Waals surface area contributed by atoms with E-state index in [9.17, 15) is 9.59 Å². The summed E-state index contributed by atoms with van der Waals surface area (Å²) in [5.41, 5.74) is 0.273. The summed E-state index contributed by atoms with van der Waals surface area (Å²) in [6, 6.07) is 6.60. The number of hydrogen-bond acceptors (Lipinski definition) is 6. The first-order valence-corrected chi connectivity index (χ1v) is 8.68. The first-order chi connectivity index (χ1) is 12.3. The van der Waals surface area contributed by atoms with Crippen molar-refractivity contribution in [3.63, 3.8) is 0 Å². The Kier molecular flexibility index (Phi) is 12.6. The van der Waals surface area contributed by atoms with Crippen LogP contribution in [0.25, 0.3) is 0 Å². The molecule has 0 radical (unpaired) electrons. The highest BCUT2D eigenvalue weighted by Crippen LogP contribution is 2.19. The van der Waals surface area contributed by atoms with Crippen molar-refractivity contribution in [3.05, 3.63) is 29.8 Å². The second kappa shape index (κ2) is 13.8. The van der Waals surface area contributed by atoms with Gasteiger partial charge in [0.25, 0.3) is 5.97 Å². The number of carboxylic acid groups (broad SMARTS) is 1. The summed E-state index contributed by atoms with van der Waals surface area (Å²) in [4.78, 5) is 34.4. The molecule has 0 unspecified atom stereocenters. The quantitative estimate of drug-likeness (QED) is 0.530. The van der Waals surface area contributed by atoms with Crippen molar-refractivity contribution in [1.29, 1.82) is 0 Å². The van der Waals surface area contributed by atoms with Crippen LogP contribution in [0.3, 0.4) is 0 Å². The molecule has 0 bridgehead atoms. The van der Waals surface area contributed by atoms with Gasteiger partial charge in [0, 0.05) is 20.4 Å². The van der Waals surface area contributed by atoms with Gasteiger partial charge in [0.15, 0.2) is 0 Å². The lowest BCUT2D eigenvalue weighted by atomic mass is 10.2. The van der Waals surface area contributed by atoms with E-state index in [1.807, 2.05) is 0 Å². The number of carbonyl (C=O) groups excluding carboxylic acids is 2. The molecule has 146 valence electrons. The number of rotatable bonds is 9. The van der Waals surface area contributed by atoms with Crippen LogP contribution >= 0.6 is 0 Å². The third-order valence-corrected chi connectivity index (χ3v) is 3.08. The van der Waals surface area contributed by atoms with Crippen molar-refractivity contribution in [3.8, 4) is 5.75 Å². The molecule has 1 rings (SSSR count). The number of benzene rings is 1. The number of carboxylic acids is 1. The molecule has 7 nitrogen and oxygen atoms in total. The number of para-hydroxylation sites is 1. The number of hydrogen-bond donors (Lipinski definition) is 1. The van der Waals surface area contributed by atoms with E-state index in [4.69, 9.17) is 19.4 Å². The van der Waals surface area contributed by atoms with Gasteiger partial charge in [-0.25, -0.2) is 4.79 Å². The monoisotopic (exact) mass is 367 g/mol. The molecule has 1 N–H and O–H groups in total. The molecule has 0 fully saturated rings. The van der Waals surface area contributed by atoms with Crippen molar-refractivity contribution >= 4 is 17.9 Å². The van der Waals surface area contributed by atoms with Crippen LogP contribution < -0.4 is 4.74 Å². The van der Waals surface area contributed by atoms with Gasteiger partial charge in [-0.15, -0.1) is 0 Å². The average molecular weight is 367 g/mol. The first kappa shape index (κ1) is 23.6. The largest absolute Gasteiger partial charge is 0.481 e. The zero-order chi connectivity index (χ0) is 19.9. The highest BCUT2D eigenvalue weighted by molar-refractivity contribution is 5.93. The van der Waals surface area contributed by atoms with Crippen molar-refractivity contribution in [2.75, 3.05) is 26.2 Å². The smallest absolute Gasteiger partial charge is 0.341 e. The summed E-state index contributed by atoms with van der Waals surface area (Å²) in [7, 11) is 0. The molecule has 0 aliphatic carbocycles. The maximum absolute atomic E-state index is 12.1. The molecular weight excluding hydrogens is 338 g/mol. The zero-order valence-electron chi connectivity index (χ0n) is 16.0. The highest BCUT2D eigenvalue weighted by Gasteiger charge is 2.15. The van der Waals surface area contributed by atoms with Crippen molar-refractivity contribution in [2.24, 2.45) is 0 Å². The van der Waals surface area contributed by atoms with E-state index in [-0.39, 0.29) is 11.3 Å². The lowest BCUT2D eigenvalue weighted by Crippen LogP contribution is -2.30. The van der Waals surface area contributed by atoms with E-state index in [0.29, 0.717) is 13.2 Å². The summed E-state index contributed by atoms with van der Waals surface area (Å²) in [6.45, 7) is 9.67. The van der Waals surface area contributed by atoms with Gasteiger partial charge in [-0.05, 0) is 38.1 Å². The van der Waals surface area contributed by atoms with E-state index in [1.54, 1.807) is 24.3 Å². The van der Waals surface area contributed by atoms with Gasteiger partial charge in [-0.2, -0.15) is 0 Å². The summed E-state index contributed by atoms with van der Waals surface area (Å²) in [6.07, 6.45) is 2.15. The minimum absolute atomic E-state index is 0.235. The number of carbonyl (C=O) groups is 3. The van der Waals surface area contributed by atoms with Gasteiger partial charge >= 0.3 is 11.9 Å². The number of aliphatic carboxylic acids is 1. The van der Waals surface area contributed by atoms with Crippen LogP contribution in [0.15, 0.2) is 24.3 Å². The molecule has 0 aromatic heterocycles. The number of esters is 2. The third-order valence-electron chi connectivity index (χ3n) is 3.08. The molecule has 0 amide bonds. The second-order valence-corrected chi connectivity index (χ2v) is 5.59. The van der Waals surface area contributed by atoms with Gasteiger partial charge < -0.3 is 14.6 Å². The van der Waals surface area contributed by atoms with E-state index in [0.717, 1.165) is 32.9 Å². The zero-order valence-corrected chi connectivity index (χ0v) is 16.0. The lowest BCUT2D eigenvalue weighted by molar-refractivity contribution is -0.134. The molecule has 1 aromatic carbocycles. The highest BCUT2D eigenvalue weighted by atomic mass is 16.5. The first-order valence-electron chi connectivity index (χ1n) is 8.68. The molecule has 0 saturated heterocycles. The third kappa shape index (κ3) is 11.2. The lowest BCUT2D eigenvalue weighted by Gasteiger charge is -2.20. The van der Waals surface area contributed by atoms with Crippen LogP contribution in [0.5, 0.6) is 5.75 Å². The predicted octanol–water partition coefficient (Wildman–Crippen LogP) is 2.98.